The van der Waals surface area contributed by atoms with Crippen molar-refractivity contribution in [2.45, 2.75) is 0 Å². The number of benzene rings is 2. The van der Waals surface area contributed by atoms with Gasteiger partial charge in [-0.25, -0.2) is 0 Å². The van der Waals surface area contributed by atoms with Gasteiger partial charge < -0.3 is 19.8 Å². The lowest BCUT2D eigenvalue weighted by Crippen LogP contribution is -2.33. The molecule has 0 spiro atoms. The molecule has 2 heterocycles. The lowest BCUT2D eigenvalue weighted by molar-refractivity contribution is -0.121. The molecule has 0 aliphatic rings. The summed E-state index contributed by atoms with van der Waals surface area (Å²) in [6.07, 6.45) is 3.06. The number of anilines is 1. The van der Waals surface area contributed by atoms with Crippen LogP contribution in [0.2, 0.25) is 0 Å². The fraction of sp³-hybridized carbons (Fsp3) is 0. The third-order valence-corrected chi connectivity index (χ3v) is 4.03. The van der Waals surface area contributed by atoms with Crippen molar-refractivity contribution in [1.29, 1.82) is 0 Å². The molecule has 2 aromatic carbocycles. The number of hydrogen-bond donors (Lipinski definition) is 2. The van der Waals surface area contributed by atoms with Crippen LogP contribution in [0, 0.1) is 0 Å². The van der Waals surface area contributed by atoms with E-state index in [2.05, 4.69) is 14.9 Å². The Morgan fingerprint density at radius 3 is 2.96 bits per heavy atom. The smallest absolute Gasteiger partial charge is 0.508 e. The number of nitrogen functional groups attached to an aromatic ring is 1. The first-order valence-electron chi connectivity index (χ1n) is 7.47. The maximum absolute atomic E-state index is 10.5. The Bertz CT molecular complexity index is 1100. The van der Waals surface area contributed by atoms with E-state index >= 15 is 0 Å². The van der Waals surface area contributed by atoms with Crippen LogP contribution in [0.4, 0.5) is 5.69 Å². The number of carbonyl (C=O) groups is 1. The standard InChI is InChI=1S/C17H12BN3O4/c19-15-8-20-21-16-6-10(1-2-13(15)16)14-7-12(18(23)25-9-22)5-11-3-4-24-17(11)14/h1-9,23H,(H2,19,21). The molecule has 0 radical (unpaired) electrons. The Hall–Kier alpha value is -3.39. The van der Waals surface area contributed by atoms with Crippen LogP contribution in [0.1, 0.15) is 0 Å². The number of furan rings is 1. The van der Waals surface area contributed by atoms with E-state index in [1.807, 2.05) is 18.2 Å². The zero-order valence-electron chi connectivity index (χ0n) is 12.9. The molecular formula is C17H12BN3O4. The summed E-state index contributed by atoms with van der Waals surface area (Å²) < 4.78 is 10.2. The molecule has 25 heavy (non-hydrogen) atoms. The molecule has 0 fully saturated rings. The average Bonchev–Trinajstić information content (AvgIpc) is 3.09. The van der Waals surface area contributed by atoms with Gasteiger partial charge in [-0.2, -0.15) is 10.2 Å². The summed E-state index contributed by atoms with van der Waals surface area (Å²) in [4.78, 5) is 10.5. The maximum atomic E-state index is 10.5. The van der Waals surface area contributed by atoms with Gasteiger partial charge in [-0.1, -0.05) is 12.1 Å². The molecule has 0 atom stereocenters. The molecule has 4 aromatic rings. The van der Waals surface area contributed by atoms with E-state index in [0.717, 1.165) is 21.9 Å². The Morgan fingerprint density at radius 1 is 1.24 bits per heavy atom. The highest BCUT2D eigenvalue weighted by atomic mass is 16.5. The van der Waals surface area contributed by atoms with E-state index < -0.39 is 7.12 Å². The minimum Gasteiger partial charge on any atom is -0.508 e. The molecule has 0 aliphatic heterocycles. The van der Waals surface area contributed by atoms with Crippen LogP contribution in [-0.4, -0.2) is 28.8 Å². The molecule has 0 aliphatic carbocycles. The van der Waals surface area contributed by atoms with Crippen LogP contribution in [0.15, 0.2) is 53.3 Å². The van der Waals surface area contributed by atoms with E-state index in [0.29, 0.717) is 22.2 Å². The number of rotatable bonds is 4. The zero-order chi connectivity index (χ0) is 17.4. The van der Waals surface area contributed by atoms with E-state index in [1.54, 1.807) is 24.5 Å². The first-order chi connectivity index (χ1) is 12.2. The first-order valence-corrected chi connectivity index (χ1v) is 7.47. The lowest BCUT2D eigenvalue weighted by Gasteiger charge is -2.09. The Kier molecular flexibility index (Phi) is 3.59. The van der Waals surface area contributed by atoms with E-state index in [4.69, 9.17) is 10.2 Å². The van der Waals surface area contributed by atoms with Crippen LogP contribution in [-0.2, 0) is 9.45 Å². The molecule has 2 aromatic heterocycles. The van der Waals surface area contributed by atoms with Gasteiger partial charge >= 0.3 is 7.12 Å². The minimum atomic E-state index is -1.36. The number of carbonyl (C=O) groups excluding carboxylic acids is 1. The van der Waals surface area contributed by atoms with Gasteiger partial charge in [0.05, 0.1) is 23.7 Å². The summed E-state index contributed by atoms with van der Waals surface area (Å²) >= 11 is 0. The van der Waals surface area contributed by atoms with Crippen molar-refractivity contribution in [3.8, 4) is 11.1 Å². The van der Waals surface area contributed by atoms with Gasteiger partial charge in [0.1, 0.15) is 5.58 Å². The van der Waals surface area contributed by atoms with Gasteiger partial charge in [0.2, 0.25) is 0 Å². The van der Waals surface area contributed by atoms with Crippen LogP contribution in [0.25, 0.3) is 33.0 Å². The van der Waals surface area contributed by atoms with Gasteiger partial charge in [-0.3, -0.25) is 4.79 Å². The molecule has 4 rings (SSSR count). The second kappa shape index (κ2) is 5.92. The molecule has 8 heteroatoms. The first kappa shape index (κ1) is 15.2. The fourth-order valence-electron chi connectivity index (χ4n) is 2.84. The van der Waals surface area contributed by atoms with Gasteiger partial charge in [0.15, 0.2) is 0 Å². The van der Waals surface area contributed by atoms with Crippen molar-refractivity contribution in [1.82, 2.24) is 10.2 Å². The highest BCUT2D eigenvalue weighted by Crippen LogP contribution is 2.31. The monoisotopic (exact) mass is 333 g/mol. The van der Waals surface area contributed by atoms with Crippen molar-refractivity contribution in [2.24, 2.45) is 0 Å². The fourth-order valence-corrected chi connectivity index (χ4v) is 2.84. The Morgan fingerprint density at radius 2 is 2.12 bits per heavy atom. The summed E-state index contributed by atoms with van der Waals surface area (Å²) in [5, 5.41) is 19.5. The third-order valence-electron chi connectivity index (χ3n) is 4.03. The molecule has 7 nitrogen and oxygen atoms in total. The van der Waals surface area contributed by atoms with Gasteiger partial charge in [0.25, 0.3) is 6.47 Å². The number of aromatic nitrogens is 2. The lowest BCUT2D eigenvalue weighted by atomic mass is 9.77. The highest BCUT2D eigenvalue weighted by Gasteiger charge is 2.21. The maximum Gasteiger partial charge on any atom is 0.561 e. The predicted molar refractivity (Wildman–Crippen MR) is 93.9 cm³/mol. The average molecular weight is 333 g/mol. The Balaban J connectivity index is 1.93. The van der Waals surface area contributed by atoms with Crippen LogP contribution in [0.3, 0.4) is 0 Å². The molecular weight excluding hydrogens is 321 g/mol. The highest BCUT2D eigenvalue weighted by molar-refractivity contribution is 6.61. The summed E-state index contributed by atoms with van der Waals surface area (Å²) in [5.74, 6) is 0. The van der Waals surface area contributed by atoms with Gasteiger partial charge in [-0.05, 0) is 35.3 Å². The van der Waals surface area contributed by atoms with E-state index in [-0.39, 0.29) is 6.47 Å². The number of fused-ring (bicyclic) bond motifs is 2. The van der Waals surface area contributed by atoms with Crippen LogP contribution in [0.5, 0.6) is 0 Å². The summed E-state index contributed by atoms with van der Waals surface area (Å²) in [5.41, 5.74) is 9.74. The van der Waals surface area contributed by atoms with E-state index in [9.17, 15) is 9.82 Å². The van der Waals surface area contributed by atoms with Crippen molar-refractivity contribution in [3.05, 3.63) is 48.9 Å². The summed E-state index contributed by atoms with van der Waals surface area (Å²) in [6.45, 7) is 0.207. The minimum absolute atomic E-state index is 0.207. The molecule has 0 saturated carbocycles. The van der Waals surface area contributed by atoms with Gasteiger partial charge in [-0.15, -0.1) is 0 Å². The molecule has 0 saturated heterocycles. The molecule has 122 valence electrons. The van der Waals surface area contributed by atoms with Crippen LogP contribution < -0.4 is 11.2 Å². The van der Waals surface area contributed by atoms with Gasteiger partial charge in [0, 0.05) is 16.3 Å². The normalized spacial score (nSPS) is 10.9. The second-order valence-electron chi connectivity index (χ2n) is 5.52. The molecule has 0 unspecified atom stereocenters. The van der Waals surface area contributed by atoms with Crippen molar-refractivity contribution >= 4 is 46.6 Å². The third kappa shape index (κ3) is 2.58. The van der Waals surface area contributed by atoms with Crippen LogP contribution >= 0.6 is 0 Å². The number of nitrogens with two attached hydrogens (primary N) is 1. The topological polar surface area (TPSA) is 111 Å². The quantitative estimate of drug-likeness (QED) is 0.430. The molecule has 3 N–H and O–H groups in total. The van der Waals surface area contributed by atoms with E-state index in [1.165, 1.54) is 6.20 Å². The SMILES string of the molecule is Nc1cnnc2cc(-c3cc(B(O)OC=O)cc4ccoc34)ccc12. The molecule has 0 amide bonds. The molecule has 0 bridgehead atoms. The van der Waals surface area contributed by atoms with Crippen molar-refractivity contribution in [3.63, 3.8) is 0 Å². The zero-order valence-corrected chi connectivity index (χ0v) is 12.9. The summed E-state index contributed by atoms with van der Waals surface area (Å²) in [6, 6.07) is 10.8. The number of hydrogen-bond acceptors (Lipinski definition) is 7. The van der Waals surface area contributed by atoms with Crippen molar-refractivity contribution < 1.29 is 18.9 Å². The predicted octanol–water partition coefficient (Wildman–Crippen LogP) is 1.49. The largest absolute Gasteiger partial charge is 0.561 e. The number of nitrogens with zero attached hydrogens (tertiary/aromatic N) is 2. The summed E-state index contributed by atoms with van der Waals surface area (Å²) in [7, 11) is -1.36. The second-order valence-corrected chi connectivity index (χ2v) is 5.52. The Labute approximate surface area is 142 Å². The van der Waals surface area contributed by atoms with Crippen molar-refractivity contribution in [2.75, 3.05) is 5.73 Å².